The van der Waals surface area contributed by atoms with Crippen LogP contribution in [0.1, 0.15) is 23.5 Å². The van der Waals surface area contributed by atoms with E-state index >= 15 is 0 Å². The van der Waals surface area contributed by atoms with Crippen molar-refractivity contribution >= 4 is 56.5 Å². The molecular weight excluding hydrogens is 345 g/mol. The van der Waals surface area contributed by atoms with Gasteiger partial charge in [0.15, 0.2) is 6.61 Å². The summed E-state index contributed by atoms with van der Waals surface area (Å²) in [5, 5.41) is 4.31. The first-order valence-electron chi connectivity index (χ1n) is 6.70. The molecule has 0 bridgehead atoms. The number of nitrogens with one attached hydrogen (secondary N) is 1. The van der Waals surface area contributed by atoms with Gasteiger partial charge in [-0.2, -0.15) is 0 Å². The van der Waals surface area contributed by atoms with Crippen LogP contribution in [0.3, 0.4) is 0 Å². The first-order chi connectivity index (χ1) is 10.4. The van der Waals surface area contributed by atoms with E-state index in [9.17, 15) is 9.59 Å². The lowest BCUT2D eigenvalue weighted by Gasteiger charge is -2.07. The van der Waals surface area contributed by atoms with Crippen LogP contribution in [0.25, 0.3) is 10.1 Å². The summed E-state index contributed by atoms with van der Waals surface area (Å²) in [7, 11) is 0. The van der Waals surface area contributed by atoms with E-state index in [0.717, 1.165) is 10.1 Å². The highest BCUT2D eigenvalue weighted by atomic mass is 35.5. The van der Waals surface area contributed by atoms with E-state index in [-0.39, 0.29) is 17.4 Å². The Morgan fingerprint density at radius 2 is 2.05 bits per heavy atom. The number of hydrogen-bond donors (Lipinski definition) is 1. The number of amides is 1. The SMILES string of the molecule is CC(C)CNC(=O)COC(=O)c1sc2cc(Cl)ccc2c1Cl. The molecule has 0 spiro atoms. The zero-order valence-corrected chi connectivity index (χ0v) is 14.4. The summed E-state index contributed by atoms with van der Waals surface area (Å²) in [4.78, 5) is 23.9. The van der Waals surface area contributed by atoms with Crippen molar-refractivity contribution in [2.75, 3.05) is 13.2 Å². The number of hydrogen-bond acceptors (Lipinski definition) is 4. The number of benzene rings is 1. The third-order valence-electron chi connectivity index (χ3n) is 2.82. The standard InChI is InChI=1S/C15H15Cl2NO3S/c1-8(2)6-18-12(19)7-21-15(20)14-13(17)10-4-3-9(16)5-11(10)22-14/h3-5,8H,6-7H2,1-2H3,(H,18,19). The predicted octanol–water partition coefficient (Wildman–Crippen LogP) is 4.14. The van der Waals surface area contributed by atoms with E-state index in [4.69, 9.17) is 27.9 Å². The summed E-state index contributed by atoms with van der Waals surface area (Å²) in [5.74, 6) is -0.606. The molecule has 0 atom stereocenters. The highest BCUT2D eigenvalue weighted by Gasteiger charge is 2.19. The molecule has 0 aliphatic heterocycles. The average molecular weight is 360 g/mol. The van der Waals surface area contributed by atoms with Gasteiger partial charge in [0.1, 0.15) is 4.88 Å². The van der Waals surface area contributed by atoms with Gasteiger partial charge in [-0.1, -0.05) is 43.1 Å². The lowest BCUT2D eigenvalue weighted by Crippen LogP contribution is -2.31. The van der Waals surface area contributed by atoms with Gasteiger partial charge in [0.2, 0.25) is 0 Å². The fourth-order valence-electron chi connectivity index (χ4n) is 1.74. The molecule has 2 rings (SSSR count). The van der Waals surface area contributed by atoms with Crippen LogP contribution in [-0.4, -0.2) is 25.0 Å². The van der Waals surface area contributed by atoms with Crippen molar-refractivity contribution in [1.29, 1.82) is 0 Å². The van der Waals surface area contributed by atoms with Crippen LogP contribution in [0.2, 0.25) is 10.0 Å². The number of rotatable bonds is 5. The Morgan fingerprint density at radius 1 is 1.32 bits per heavy atom. The summed E-state index contributed by atoms with van der Waals surface area (Å²) < 4.78 is 5.80. The molecule has 0 aliphatic carbocycles. The van der Waals surface area contributed by atoms with Gasteiger partial charge in [-0.25, -0.2) is 4.79 Å². The monoisotopic (exact) mass is 359 g/mol. The summed E-state index contributed by atoms with van der Waals surface area (Å²) in [6, 6.07) is 5.19. The molecule has 1 amide bonds. The van der Waals surface area contributed by atoms with Crippen molar-refractivity contribution in [2.24, 2.45) is 5.92 Å². The summed E-state index contributed by atoms with van der Waals surface area (Å²) in [6.07, 6.45) is 0. The van der Waals surface area contributed by atoms with Gasteiger partial charge >= 0.3 is 5.97 Å². The molecule has 0 aliphatic rings. The fourth-order valence-corrected chi connectivity index (χ4v) is 3.41. The van der Waals surface area contributed by atoms with Gasteiger partial charge in [0, 0.05) is 21.7 Å². The molecule has 2 aromatic rings. The fraction of sp³-hybridized carbons (Fsp3) is 0.333. The van der Waals surface area contributed by atoms with Crippen molar-refractivity contribution in [2.45, 2.75) is 13.8 Å². The van der Waals surface area contributed by atoms with Crippen molar-refractivity contribution in [3.63, 3.8) is 0 Å². The Morgan fingerprint density at radius 3 is 2.73 bits per heavy atom. The molecule has 1 heterocycles. The number of carbonyl (C=O) groups is 2. The molecule has 1 aromatic heterocycles. The van der Waals surface area contributed by atoms with E-state index in [1.54, 1.807) is 18.2 Å². The molecular formula is C15H15Cl2NO3S. The quantitative estimate of drug-likeness (QED) is 0.816. The number of carbonyl (C=O) groups excluding carboxylic acids is 2. The minimum Gasteiger partial charge on any atom is -0.451 e. The Hall–Kier alpha value is -1.30. The number of thiophene rings is 1. The van der Waals surface area contributed by atoms with Crippen LogP contribution in [-0.2, 0) is 9.53 Å². The number of halogens is 2. The first-order valence-corrected chi connectivity index (χ1v) is 8.27. The van der Waals surface area contributed by atoms with E-state index in [1.807, 2.05) is 13.8 Å². The Kier molecular flexibility index (Phi) is 5.67. The minimum absolute atomic E-state index is 0.274. The maximum absolute atomic E-state index is 12.1. The van der Waals surface area contributed by atoms with E-state index in [1.165, 1.54) is 11.3 Å². The summed E-state index contributed by atoms with van der Waals surface area (Å²) >= 11 is 13.3. The average Bonchev–Trinajstić information content (AvgIpc) is 2.79. The molecule has 118 valence electrons. The van der Waals surface area contributed by atoms with Gasteiger partial charge in [-0.15, -0.1) is 11.3 Å². The van der Waals surface area contributed by atoms with Crippen molar-refractivity contribution in [3.05, 3.63) is 33.1 Å². The van der Waals surface area contributed by atoms with Gasteiger partial charge in [0.05, 0.1) is 5.02 Å². The van der Waals surface area contributed by atoms with Crippen LogP contribution in [0, 0.1) is 5.92 Å². The molecule has 0 fully saturated rings. The zero-order chi connectivity index (χ0) is 16.3. The van der Waals surface area contributed by atoms with Crippen LogP contribution in [0.15, 0.2) is 18.2 Å². The van der Waals surface area contributed by atoms with Crippen LogP contribution >= 0.6 is 34.5 Å². The smallest absolute Gasteiger partial charge is 0.350 e. The van der Waals surface area contributed by atoms with Crippen LogP contribution < -0.4 is 5.32 Å². The molecule has 1 aromatic carbocycles. The second-order valence-electron chi connectivity index (χ2n) is 5.16. The topological polar surface area (TPSA) is 55.4 Å². The highest BCUT2D eigenvalue weighted by Crippen LogP contribution is 2.37. The molecule has 1 N–H and O–H groups in total. The van der Waals surface area contributed by atoms with Crippen LogP contribution in [0.4, 0.5) is 0 Å². The number of ether oxygens (including phenoxy) is 1. The normalized spacial score (nSPS) is 11.0. The second-order valence-corrected chi connectivity index (χ2v) is 7.03. The number of fused-ring (bicyclic) bond motifs is 1. The molecule has 0 saturated carbocycles. The van der Waals surface area contributed by atoms with E-state index < -0.39 is 5.97 Å². The van der Waals surface area contributed by atoms with Gasteiger partial charge in [-0.3, -0.25) is 4.79 Å². The lowest BCUT2D eigenvalue weighted by molar-refractivity contribution is -0.124. The predicted molar refractivity (Wildman–Crippen MR) is 90.0 cm³/mol. The van der Waals surface area contributed by atoms with Gasteiger partial charge < -0.3 is 10.1 Å². The Balaban J connectivity index is 2.04. The molecule has 0 saturated heterocycles. The maximum Gasteiger partial charge on any atom is 0.350 e. The lowest BCUT2D eigenvalue weighted by atomic mass is 10.2. The van der Waals surface area contributed by atoms with E-state index in [2.05, 4.69) is 5.32 Å². The third kappa shape index (κ3) is 4.12. The van der Waals surface area contributed by atoms with Crippen molar-refractivity contribution < 1.29 is 14.3 Å². The van der Waals surface area contributed by atoms with Crippen molar-refractivity contribution in [1.82, 2.24) is 5.32 Å². The zero-order valence-electron chi connectivity index (χ0n) is 12.1. The largest absolute Gasteiger partial charge is 0.451 e. The first kappa shape index (κ1) is 17.1. The molecule has 0 radical (unpaired) electrons. The molecule has 4 nitrogen and oxygen atoms in total. The van der Waals surface area contributed by atoms with Gasteiger partial charge in [-0.05, 0) is 18.1 Å². The molecule has 22 heavy (non-hydrogen) atoms. The van der Waals surface area contributed by atoms with Crippen molar-refractivity contribution in [3.8, 4) is 0 Å². The maximum atomic E-state index is 12.1. The third-order valence-corrected chi connectivity index (χ3v) is 4.69. The molecule has 7 heteroatoms. The summed E-state index contributed by atoms with van der Waals surface area (Å²) in [6.45, 7) is 4.18. The highest BCUT2D eigenvalue weighted by molar-refractivity contribution is 7.21. The summed E-state index contributed by atoms with van der Waals surface area (Å²) in [5.41, 5.74) is 0. The Bertz CT molecular complexity index is 712. The minimum atomic E-state index is -0.609. The Labute approximate surface area is 142 Å². The van der Waals surface area contributed by atoms with Crippen LogP contribution in [0.5, 0.6) is 0 Å². The number of esters is 1. The second kappa shape index (κ2) is 7.31. The van der Waals surface area contributed by atoms with E-state index in [0.29, 0.717) is 22.5 Å². The van der Waals surface area contributed by atoms with Gasteiger partial charge in [0.25, 0.3) is 5.91 Å². The molecule has 0 unspecified atom stereocenters.